The molecule has 0 saturated carbocycles. The fraction of sp³-hybridized carbons (Fsp3) is 0.263. The van der Waals surface area contributed by atoms with E-state index < -0.39 is 32.3 Å². The van der Waals surface area contributed by atoms with E-state index in [9.17, 15) is 28.4 Å². The fourth-order valence-corrected chi connectivity index (χ4v) is 4.61. The molecule has 0 bridgehead atoms. The average Bonchev–Trinajstić information content (AvgIpc) is 3.12. The number of fused-ring (bicyclic) bond motifs is 1. The van der Waals surface area contributed by atoms with E-state index in [-0.39, 0.29) is 28.2 Å². The molecule has 12 heteroatoms. The van der Waals surface area contributed by atoms with Crippen LogP contribution in [0.1, 0.15) is 12.5 Å². The van der Waals surface area contributed by atoms with Crippen LogP contribution in [0.3, 0.4) is 0 Å². The maximum atomic E-state index is 13.2. The van der Waals surface area contributed by atoms with Crippen molar-refractivity contribution in [3.8, 4) is 0 Å². The lowest BCUT2D eigenvalue weighted by Gasteiger charge is -2.27. The molecule has 3 aromatic rings. The van der Waals surface area contributed by atoms with Crippen LogP contribution in [-0.2, 0) is 19.6 Å². The minimum Gasteiger partial charge on any atom is -0.479 e. The zero-order valence-electron chi connectivity index (χ0n) is 16.9. The van der Waals surface area contributed by atoms with Crippen LogP contribution in [0.4, 0.5) is 11.5 Å². The van der Waals surface area contributed by atoms with Crippen molar-refractivity contribution in [3.63, 3.8) is 0 Å². The van der Waals surface area contributed by atoms with Crippen LogP contribution in [0, 0.1) is 17.0 Å². The lowest BCUT2D eigenvalue weighted by Crippen LogP contribution is -2.47. The summed E-state index contributed by atoms with van der Waals surface area (Å²) in [4.78, 5) is 26.7. The number of aliphatic carboxylic acids is 1. The third kappa shape index (κ3) is 3.82. The molecular formula is C19H20N4O7S. The molecule has 0 aliphatic heterocycles. The Bertz CT molecular complexity index is 1270. The zero-order chi connectivity index (χ0) is 23.0. The first-order valence-corrected chi connectivity index (χ1v) is 10.4. The smallest absolute Gasteiger partial charge is 0.341 e. The highest BCUT2D eigenvalue weighted by atomic mass is 32.2. The molecule has 0 radical (unpaired) electrons. The van der Waals surface area contributed by atoms with Crippen molar-refractivity contribution < 1.29 is 28.0 Å². The van der Waals surface area contributed by atoms with Gasteiger partial charge in [0.15, 0.2) is 5.54 Å². The number of carbonyl (C=O) groups is 1. The van der Waals surface area contributed by atoms with Gasteiger partial charge in [0.2, 0.25) is 5.65 Å². The highest BCUT2D eigenvalue weighted by molar-refractivity contribution is 7.90. The summed E-state index contributed by atoms with van der Waals surface area (Å²) in [6.07, 6.45) is 1.32. The molecule has 0 saturated heterocycles. The van der Waals surface area contributed by atoms with E-state index in [1.807, 2.05) is 0 Å². The molecule has 1 atom stereocenters. The summed E-state index contributed by atoms with van der Waals surface area (Å²) >= 11 is 0. The number of nitrogens with one attached hydrogen (secondary N) is 1. The van der Waals surface area contributed by atoms with Crippen molar-refractivity contribution in [2.75, 3.05) is 19.0 Å². The summed E-state index contributed by atoms with van der Waals surface area (Å²) in [5.74, 6) is -1.94. The number of aromatic nitrogens is 2. The largest absolute Gasteiger partial charge is 0.479 e. The van der Waals surface area contributed by atoms with Gasteiger partial charge < -0.3 is 25.3 Å². The van der Waals surface area contributed by atoms with Crippen molar-refractivity contribution in [1.82, 2.24) is 8.96 Å². The first-order chi connectivity index (χ1) is 14.5. The van der Waals surface area contributed by atoms with Crippen LogP contribution < -0.4 is 5.32 Å². The average molecular weight is 448 g/mol. The second-order valence-electron chi connectivity index (χ2n) is 7.09. The summed E-state index contributed by atoms with van der Waals surface area (Å²) in [5, 5.41) is 24.3. The van der Waals surface area contributed by atoms with Crippen LogP contribution in [-0.4, -0.2) is 52.6 Å². The molecule has 0 amide bonds. The number of hydrogen-bond acceptors (Lipinski definition) is 8. The van der Waals surface area contributed by atoms with Gasteiger partial charge in [-0.15, -0.1) is 0 Å². The molecular weight excluding hydrogens is 428 g/mol. The number of pyridine rings is 1. The molecule has 2 heterocycles. The highest BCUT2D eigenvalue weighted by Crippen LogP contribution is 2.36. The Morgan fingerprint density at radius 1 is 1.35 bits per heavy atom. The molecule has 0 aliphatic rings. The number of rotatable bonds is 8. The first-order valence-electron chi connectivity index (χ1n) is 8.99. The molecule has 31 heavy (non-hydrogen) atoms. The maximum Gasteiger partial charge on any atom is 0.341 e. The van der Waals surface area contributed by atoms with Crippen molar-refractivity contribution in [3.05, 3.63) is 58.3 Å². The monoisotopic (exact) mass is 448 g/mol. The van der Waals surface area contributed by atoms with E-state index in [0.717, 1.165) is 6.07 Å². The molecule has 0 spiro atoms. The molecule has 1 aromatic carbocycles. The molecule has 0 aliphatic carbocycles. The van der Waals surface area contributed by atoms with Gasteiger partial charge in [-0.05, 0) is 36.5 Å². The number of carboxylic acid groups (broad SMARTS) is 1. The van der Waals surface area contributed by atoms with Gasteiger partial charge in [0.25, 0.3) is 0 Å². The van der Waals surface area contributed by atoms with Crippen LogP contribution >= 0.6 is 0 Å². The third-order valence-electron chi connectivity index (χ3n) is 4.73. The molecule has 2 N–H and O–H groups in total. The van der Waals surface area contributed by atoms with Gasteiger partial charge in [0.1, 0.15) is 4.90 Å². The minimum absolute atomic E-state index is 0.0924. The van der Waals surface area contributed by atoms with E-state index in [4.69, 9.17) is 4.74 Å². The van der Waals surface area contributed by atoms with Gasteiger partial charge in [-0.25, -0.2) is 9.78 Å². The van der Waals surface area contributed by atoms with Crippen molar-refractivity contribution in [2.24, 2.45) is 0 Å². The van der Waals surface area contributed by atoms with Crippen LogP contribution in [0.2, 0.25) is 0 Å². The lowest BCUT2D eigenvalue weighted by atomic mass is 10.0. The Labute approximate surface area is 177 Å². The predicted octanol–water partition coefficient (Wildman–Crippen LogP) is 2.39. The SMILES string of the molecule is COCC(C)(Nc1c(C)cnc2c1cc([N+](=O)[O-])n2S(=O)(=O)c1ccccc1)C(=O)O. The Morgan fingerprint density at radius 3 is 2.55 bits per heavy atom. The Balaban J connectivity index is 2.33. The number of carboxylic acids is 1. The van der Waals surface area contributed by atoms with Gasteiger partial charge in [0, 0.05) is 19.4 Å². The van der Waals surface area contributed by atoms with Gasteiger partial charge in [-0.1, -0.05) is 22.2 Å². The molecule has 0 fully saturated rings. The normalized spacial score (nSPS) is 13.6. The number of aryl methyl sites for hydroxylation is 1. The third-order valence-corrected chi connectivity index (χ3v) is 6.44. The van der Waals surface area contributed by atoms with E-state index in [2.05, 4.69) is 10.3 Å². The summed E-state index contributed by atoms with van der Waals surface area (Å²) < 4.78 is 32.0. The predicted molar refractivity (Wildman–Crippen MR) is 112 cm³/mol. The Morgan fingerprint density at radius 2 is 2.00 bits per heavy atom. The summed E-state index contributed by atoms with van der Waals surface area (Å²) in [5.41, 5.74) is -1.10. The number of methoxy groups -OCH3 is 1. The molecule has 3 rings (SSSR count). The molecule has 164 valence electrons. The van der Waals surface area contributed by atoms with Crippen LogP contribution in [0.15, 0.2) is 47.5 Å². The number of benzene rings is 1. The van der Waals surface area contributed by atoms with Crippen molar-refractivity contribution in [1.29, 1.82) is 0 Å². The first kappa shape index (κ1) is 22.2. The second kappa shape index (κ2) is 7.96. The number of anilines is 1. The molecule has 11 nitrogen and oxygen atoms in total. The quantitative estimate of drug-likeness (QED) is 0.390. The van der Waals surface area contributed by atoms with E-state index >= 15 is 0 Å². The lowest BCUT2D eigenvalue weighted by molar-refractivity contribution is -0.389. The summed E-state index contributed by atoms with van der Waals surface area (Å²) in [6, 6.07) is 8.31. The number of ether oxygens (including phenoxy) is 1. The number of nitro groups is 1. The highest BCUT2D eigenvalue weighted by Gasteiger charge is 2.37. The topological polar surface area (TPSA) is 154 Å². The van der Waals surface area contributed by atoms with Gasteiger partial charge in [-0.2, -0.15) is 8.42 Å². The zero-order valence-corrected chi connectivity index (χ0v) is 17.7. The standard InChI is InChI=1S/C19H20N4O7S/c1-12-10-20-17-14(16(12)21-19(2,11-30-3)18(24)25)9-15(23(26)27)22(17)31(28,29)13-7-5-4-6-8-13/h4-10H,11H2,1-3H3,(H,20,21)(H,24,25). The van der Waals surface area contributed by atoms with Gasteiger partial charge in [-0.3, -0.25) is 0 Å². The van der Waals surface area contributed by atoms with E-state index in [1.54, 1.807) is 13.0 Å². The van der Waals surface area contributed by atoms with Crippen LogP contribution in [0.25, 0.3) is 11.0 Å². The van der Waals surface area contributed by atoms with E-state index in [0.29, 0.717) is 9.54 Å². The van der Waals surface area contributed by atoms with Crippen molar-refractivity contribution >= 4 is 38.5 Å². The van der Waals surface area contributed by atoms with Gasteiger partial charge in [0.05, 0.1) is 17.7 Å². The fourth-order valence-electron chi connectivity index (χ4n) is 3.15. The molecule has 1 unspecified atom stereocenters. The summed E-state index contributed by atoms with van der Waals surface area (Å²) in [6.45, 7) is 2.80. The van der Waals surface area contributed by atoms with Crippen molar-refractivity contribution in [2.45, 2.75) is 24.3 Å². The number of nitrogens with zero attached hydrogens (tertiary/aromatic N) is 3. The van der Waals surface area contributed by atoms with Crippen LogP contribution in [0.5, 0.6) is 0 Å². The second-order valence-corrected chi connectivity index (χ2v) is 8.88. The Kier molecular flexibility index (Phi) is 5.70. The summed E-state index contributed by atoms with van der Waals surface area (Å²) in [7, 11) is -3.02. The van der Waals surface area contributed by atoms with E-state index in [1.165, 1.54) is 44.5 Å². The number of hydrogen-bond donors (Lipinski definition) is 2. The Hall–Kier alpha value is -3.51. The maximum absolute atomic E-state index is 13.2. The molecule has 2 aromatic heterocycles. The minimum atomic E-state index is -4.35. The van der Waals surface area contributed by atoms with Gasteiger partial charge >= 0.3 is 21.8 Å².